The lowest BCUT2D eigenvalue weighted by Crippen LogP contribution is -2.35. The summed E-state index contributed by atoms with van der Waals surface area (Å²) in [6.45, 7) is 5.70. The molecule has 0 saturated carbocycles. The van der Waals surface area contributed by atoms with E-state index in [0.29, 0.717) is 39.6 Å². The molecule has 0 unspecified atom stereocenters. The molecule has 1 aliphatic rings. The summed E-state index contributed by atoms with van der Waals surface area (Å²) in [5, 5.41) is 2.67. The Labute approximate surface area is 142 Å². The van der Waals surface area contributed by atoms with Gasteiger partial charge in [0.25, 0.3) is 11.8 Å². The Morgan fingerprint density at radius 3 is 2.08 bits per heavy atom. The molecule has 3 amide bonds. The molecule has 0 bridgehead atoms. The molecule has 1 N–H and O–H groups in total. The van der Waals surface area contributed by atoms with Crippen LogP contribution in [0.4, 0.5) is 0 Å². The molecule has 8 nitrogen and oxygen atoms in total. The molecule has 24 heavy (non-hydrogen) atoms. The van der Waals surface area contributed by atoms with Crippen molar-refractivity contribution in [3.05, 3.63) is 12.2 Å². The minimum absolute atomic E-state index is 0.0834. The summed E-state index contributed by atoms with van der Waals surface area (Å²) in [5.41, 5.74) is 0. The van der Waals surface area contributed by atoms with Crippen molar-refractivity contribution in [1.82, 2.24) is 10.2 Å². The normalized spacial score (nSPS) is 13.8. The Morgan fingerprint density at radius 2 is 1.50 bits per heavy atom. The third kappa shape index (κ3) is 8.76. The van der Waals surface area contributed by atoms with Crippen LogP contribution in [0.1, 0.15) is 19.8 Å². The molecule has 1 heterocycles. The van der Waals surface area contributed by atoms with Crippen molar-refractivity contribution in [1.29, 1.82) is 0 Å². The third-order valence-electron chi connectivity index (χ3n) is 3.12. The maximum absolute atomic E-state index is 11.6. The average Bonchev–Trinajstić information content (AvgIpc) is 2.89. The first-order valence-corrected chi connectivity index (χ1v) is 8.18. The number of ether oxygens (including phenoxy) is 3. The van der Waals surface area contributed by atoms with Gasteiger partial charge in [0.1, 0.15) is 0 Å². The lowest BCUT2D eigenvalue weighted by Gasteiger charge is -2.13. The molecule has 0 spiro atoms. The van der Waals surface area contributed by atoms with E-state index >= 15 is 0 Å². The van der Waals surface area contributed by atoms with Crippen LogP contribution in [-0.4, -0.2) is 75.4 Å². The highest BCUT2D eigenvalue weighted by atomic mass is 16.5. The van der Waals surface area contributed by atoms with Gasteiger partial charge in [-0.1, -0.05) is 6.92 Å². The Morgan fingerprint density at radius 1 is 0.958 bits per heavy atom. The van der Waals surface area contributed by atoms with Crippen molar-refractivity contribution in [2.24, 2.45) is 0 Å². The van der Waals surface area contributed by atoms with Gasteiger partial charge < -0.3 is 19.5 Å². The molecule has 0 aliphatic carbocycles. The smallest absolute Gasteiger partial charge is 0.253 e. The summed E-state index contributed by atoms with van der Waals surface area (Å²) in [7, 11) is 0. The third-order valence-corrected chi connectivity index (χ3v) is 3.12. The van der Waals surface area contributed by atoms with E-state index in [1.165, 1.54) is 12.2 Å². The minimum Gasteiger partial charge on any atom is -0.379 e. The Hall–Kier alpha value is -1.77. The molecule has 8 heteroatoms. The number of rotatable bonds is 14. The van der Waals surface area contributed by atoms with E-state index in [2.05, 4.69) is 12.2 Å². The molecular formula is C16H26N2O6. The second-order valence-corrected chi connectivity index (χ2v) is 5.10. The molecule has 136 valence electrons. The van der Waals surface area contributed by atoms with Crippen LogP contribution in [0.15, 0.2) is 12.2 Å². The summed E-state index contributed by atoms with van der Waals surface area (Å²) >= 11 is 0. The summed E-state index contributed by atoms with van der Waals surface area (Å²) in [6.07, 6.45) is 3.48. The van der Waals surface area contributed by atoms with Crippen molar-refractivity contribution in [3.8, 4) is 0 Å². The summed E-state index contributed by atoms with van der Waals surface area (Å²) in [4.78, 5) is 35.2. The van der Waals surface area contributed by atoms with E-state index in [1.807, 2.05) is 0 Å². The lowest BCUT2D eigenvalue weighted by atomic mass is 10.3. The molecule has 0 atom stereocenters. The van der Waals surface area contributed by atoms with Gasteiger partial charge >= 0.3 is 0 Å². The predicted molar refractivity (Wildman–Crippen MR) is 86.2 cm³/mol. The first-order chi connectivity index (χ1) is 11.6. The van der Waals surface area contributed by atoms with Gasteiger partial charge in [0.15, 0.2) is 0 Å². The highest BCUT2D eigenvalue weighted by Gasteiger charge is 2.23. The number of amides is 3. The highest BCUT2D eigenvalue weighted by Crippen LogP contribution is 2.03. The molecule has 0 aromatic rings. The van der Waals surface area contributed by atoms with E-state index in [0.717, 1.165) is 17.9 Å². The molecule has 0 aromatic carbocycles. The predicted octanol–water partition coefficient (Wildman–Crippen LogP) is -0.122. The van der Waals surface area contributed by atoms with Gasteiger partial charge in [-0.3, -0.25) is 19.3 Å². The van der Waals surface area contributed by atoms with Crippen molar-refractivity contribution in [3.63, 3.8) is 0 Å². The van der Waals surface area contributed by atoms with E-state index in [1.54, 1.807) is 0 Å². The van der Waals surface area contributed by atoms with E-state index < -0.39 is 0 Å². The minimum atomic E-state index is -0.378. The molecule has 1 aliphatic heterocycles. The Kier molecular flexibility index (Phi) is 10.7. The van der Waals surface area contributed by atoms with Gasteiger partial charge in [0.05, 0.1) is 33.0 Å². The maximum atomic E-state index is 11.6. The van der Waals surface area contributed by atoms with Gasteiger partial charge in [-0.15, -0.1) is 0 Å². The van der Waals surface area contributed by atoms with Crippen LogP contribution < -0.4 is 5.32 Å². The molecule has 0 aromatic heterocycles. The number of carbonyl (C=O) groups excluding carboxylic acids is 3. The van der Waals surface area contributed by atoms with Crippen LogP contribution in [-0.2, 0) is 28.6 Å². The highest BCUT2D eigenvalue weighted by molar-refractivity contribution is 6.13. The summed E-state index contributed by atoms with van der Waals surface area (Å²) in [5.74, 6) is -0.983. The van der Waals surface area contributed by atoms with Crippen molar-refractivity contribution >= 4 is 17.7 Å². The van der Waals surface area contributed by atoms with Gasteiger partial charge in [-0.2, -0.15) is 0 Å². The molecule has 0 radical (unpaired) electrons. The zero-order valence-corrected chi connectivity index (χ0v) is 14.1. The van der Waals surface area contributed by atoms with Gasteiger partial charge in [-0.05, 0) is 6.42 Å². The van der Waals surface area contributed by atoms with Crippen LogP contribution >= 0.6 is 0 Å². The number of imide groups is 1. The number of nitrogens with zero attached hydrogens (tertiary/aromatic N) is 1. The number of hydrogen-bond donors (Lipinski definition) is 1. The van der Waals surface area contributed by atoms with Gasteiger partial charge in [0.2, 0.25) is 5.91 Å². The number of hydrogen-bond acceptors (Lipinski definition) is 6. The van der Waals surface area contributed by atoms with Crippen LogP contribution in [0.25, 0.3) is 0 Å². The summed E-state index contributed by atoms with van der Waals surface area (Å²) in [6, 6.07) is 0. The van der Waals surface area contributed by atoms with Gasteiger partial charge in [0, 0.05) is 38.3 Å². The fourth-order valence-corrected chi connectivity index (χ4v) is 1.90. The number of nitrogens with one attached hydrogen (secondary N) is 1. The van der Waals surface area contributed by atoms with Crippen molar-refractivity contribution in [2.45, 2.75) is 19.8 Å². The first-order valence-electron chi connectivity index (χ1n) is 8.18. The maximum Gasteiger partial charge on any atom is 0.253 e. The van der Waals surface area contributed by atoms with Crippen LogP contribution in [0.5, 0.6) is 0 Å². The summed E-state index contributed by atoms with van der Waals surface area (Å²) < 4.78 is 15.9. The fraction of sp³-hybridized carbons (Fsp3) is 0.688. The largest absolute Gasteiger partial charge is 0.379 e. The van der Waals surface area contributed by atoms with Gasteiger partial charge in [-0.25, -0.2) is 0 Å². The SMILES string of the molecule is CCCOCCOCCOCCNC(=O)CCN1C(=O)C=CC1=O. The molecule has 0 saturated heterocycles. The van der Waals surface area contributed by atoms with Crippen LogP contribution in [0.3, 0.4) is 0 Å². The molecule has 1 rings (SSSR count). The van der Waals surface area contributed by atoms with Crippen LogP contribution in [0.2, 0.25) is 0 Å². The fourth-order valence-electron chi connectivity index (χ4n) is 1.90. The van der Waals surface area contributed by atoms with E-state index in [9.17, 15) is 14.4 Å². The Bertz CT molecular complexity index is 420. The second kappa shape index (κ2) is 12.6. The number of carbonyl (C=O) groups is 3. The lowest BCUT2D eigenvalue weighted by molar-refractivity contribution is -0.137. The average molecular weight is 342 g/mol. The quantitative estimate of drug-likeness (QED) is 0.349. The van der Waals surface area contributed by atoms with Crippen molar-refractivity contribution < 1.29 is 28.6 Å². The van der Waals surface area contributed by atoms with Crippen LogP contribution in [0, 0.1) is 0 Å². The molecule has 0 fully saturated rings. The standard InChI is InChI=1S/C16H26N2O6/c1-2-8-22-10-12-24-13-11-23-9-6-17-14(19)5-7-18-15(20)3-4-16(18)21/h3-4H,2,5-13H2,1H3,(H,17,19). The molecular weight excluding hydrogens is 316 g/mol. The van der Waals surface area contributed by atoms with E-state index in [-0.39, 0.29) is 30.7 Å². The first kappa shape index (κ1) is 20.3. The topological polar surface area (TPSA) is 94.2 Å². The zero-order chi connectivity index (χ0) is 17.6. The van der Waals surface area contributed by atoms with E-state index in [4.69, 9.17) is 14.2 Å². The Balaban J connectivity index is 1.88. The second-order valence-electron chi connectivity index (χ2n) is 5.10. The van der Waals surface area contributed by atoms with Crippen molar-refractivity contribution in [2.75, 3.05) is 52.7 Å². The monoisotopic (exact) mass is 342 g/mol. The zero-order valence-electron chi connectivity index (χ0n) is 14.1.